The van der Waals surface area contributed by atoms with Crippen molar-refractivity contribution in [3.63, 3.8) is 0 Å². The van der Waals surface area contributed by atoms with Gasteiger partial charge in [0, 0.05) is 34.0 Å². The van der Waals surface area contributed by atoms with Crippen LogP contribution in [-0.2, 0) is 0 Å². The van der Waals surface area contributed by atoms with Gasteiger partial charge in [-0.3, -0.25) is 4.79 Å². The molecule has 0 aliphatic heterocycles. The van der Waals surface area contributed by atoms with Crippen LogP contribution in [0, 0.1) is 5.82 Å². The number of aromatic nitrogens is 1. The quantitative estimate of drug-likeness (QED) is 0.351. The Kier molecular flexibility index (Phi) is 7.79. The molecule has 0 bridgehead atoms. The van der Waals surface area contributed by atoms with Crippen LogP contribution in [0.25, 0.3) is 11.1 Å². The smallest absolute Gasteiger partial charge is 0.251 e. The van der Waals surface area contributed by atoms with Crippen molar-refractivity contribution in [2.75, 3.05) is 5.73 Å². The van der Waals surface area contributed by atoms with Crippen LogP contribution >= 0.6 is 23.2 Å². The van der Waals surface area contributed by atoms with Crippen molar-refractivity contribution >= 4 is 34.9 Å². The first-order valence-corrected chi connectivity index (χ1v) is 12.1. The van der Waals surface area contributed by atoms with E-state index in [2.05, 4.69) is 10.3 Å². The van der Waals surface area contributed by atoms with Gasteiger partial charge in [-0.2, -0.15) is 0 Å². The molecule has 0 radical (unpaired) electrons. The summed E-state index contributed by atoms with van der Waals surface area (Å²) in [5.74, 6) is -0.271. The zero-order valence-corrected chi connectivity index (χ0v) is 20.6. The molecular weight excluding hydrogens is 492 g/mol. The molecule has 2 aromatic carbocycles. The predicted molar refractivity (Wildman–Crippen MR) is 135 cm³/mol. The third-order valence-electron chi connectivity index (χ3n) is 6.18. The highest BCUT2D eigenvalue weighted by Crippen LogP contribution is 2.37. The first kappa shape index (κ1) is 25.2. The molecule has 1 saturated carbocycles. The Morgan fingerprint density at radius 2 is 1.83 bits per heavy atom. The van der Waals surface area contributed by atoms with Gasteiger partial charge < -0.3 is 20.9 Å². The molecule has 184 valence electrons. The van der Waals surface area contributed by atoms with Gasteiger partial charge >= 0.3 is 0 Å². The lowest BCUT2D eigenvalue weighted by atomic mass is 9.93. The minimum Gasteiger partial charge on any atom is -0.482 e. The van der Waals surface area contributed by atoms with Crippen LogP contribution in [0.3, 0.4) is 0 Å². The van der Waals surface area contributed by atoms with Crippen LogP contribution in [-0.4, -0.2) is 28.1 Å². The molecule has 4 N–H and O–H groups in total. The van der Waals surface area contributed by atoms with Gasteiger partial charge in [0.05, 0.1) is 11.1 Å². The molecule has 0 spiro atoms. The Morgan fingerprint density at radius 3 is 2.51 bits per heavy atom. The zero-order valence-electron chi connectivity index (χ0n) is 19.1. The van der Waals surface area contributed by atoms with Gasteiger partial charge in [0.2, 0.25) is 0 Å². The maximum Gasteiger partial charge on any atom is 0.251 e. The maximum absolute atomic E-state index is 13.9. The van der Waals surface area contributed by atoms with Crippen molar-refractivity contribution in [2.45, 2.75) is 50.9 Å². The Hall–Kier alpha value is -2.87. The molecular formula is C26H26Cl2FN3O3. The number of nitrogen functional groups attached to an aromatic ring is 1. The van der Waals surface area contributed by atoms with E-state index in [0.29, 0.717) is 29.7 Å². The van der Waals surface area contributed by atoms with Crippen molar-refractivity contribution < 1.29 is 19.0 Å². The number of aliphatic hydroxyl groups is 1. The molecule has 1 heterocycles. The van der Waals surface area contributed by atoms with Crippen molar-refractivity contribution in [2.24, 2.45) is 0 Å². The molecule has 1 atom stereocenters. The molecule has 0 unspecified atom stereocenters. The van der Waals surface area contributed by atoms with Crippen LogP contribution in [0.15, 0.2) is 48.7 Å². The van der Waals surface area contributed by atoms with Crippen molar-refractivity contribution in [1.82, 2.24) is 10.3 Å². The molecule has 4 rings (SSSR count). The average molecular weight is 518 g/mol. The van der Waals surface area contributed by atoms with Crippen molar-refractivity contribution in [3.05, 3.63) is 75.7 Å². The number of hydrogen-bond acceptors (Lipinski definition) is 5. The summed E-state index contributed by atoms with van der Waals surface area (Å²) in [5.41, 5.74) is 8.42. The van der Waals surface area contributed by atoms with E-state index in [1.54, 1.807) is 31.3 Å². The summed E-state index contributed by atoms with van der Waals surface area (Å²) in [4.78, 5) is 16.8. The molecule has 1 amide bonds. The van der Waals surface area contributed by atoms with E-state index >= 15 is 0 Å². The van der Waals surface area contributed by atoms with Gasteiger partial charge in [0.1, 0.15) is 11.9 Å². The Labute approximate surface area is 213 Å². The summed E-state index contributed by atoms with van der Waals surface area (Å²) < 4.78 is 19.9. The fraction of sp³-hybridized carbons (Fsp3) is 0.308. The number of carbonyl (C=O) groups is 1. The number of nitrogens with two attached hydrogens (primary N) is 1. The predicted octanol–water partition coefficient (Wildman–Crippen LogP) is 5.95. The van der Waals surface area contributed by atoms with Gasteiger partial charge in [-0.15, -0.1) is 0 Å². The number of ether oxygens (including phenoxy) is 1. The van der Waals surface area contributed by atoms with Crippen LogP contribution in [0.2, 0.25) is 10.0 Å². The van der Waals surface area contributed by atoms with E-state index in [1.807, 2.05) is 12.1 Å². The number of carbonyl (C=O) groups excluding carboxylic acids is 1. The molecule has 1 aliphatic carbocycles. The van der Waals surface area contributed by atoms with E-state index < -0.39 is 11.9 Å². The highest BCUT2D eigenvalue weighted by atomic mass is 35.5. The number of halogens is 3. The monoisotopic (exact) mass is 517 g/mol. The van der Waals surface area contributed by atoms with Crippen LogP contribution in [0.5, 0.6) is 5.75 Å². The lowest BCUT2D eigenvalue weighted by Crippen LogP contribution is -2.38. The number of aliphatic hydroxyl groups excluding tert-OH is 1. The molecule has 3 aromatic rings. The fourth-order valence-electron chi connectivity index (χ4n) is 4.18. The SMILES string of the molecule is C[C@H](Oc1cc(-c2ccc(C(=O)N[C@H]3CC[C@H](O)CC3)cc2)cnc1N)c1c(Cl)ccc(F)c1Cl. The number of rotatable bonds is 6. The van der Waals surface area contributed by atoms with Crippen LogP contribution < -0.4 is 15.8 Å². The van der Waals surface area contributed by atoms with Crippen molar-refractivity contribution in [3.8, 4) is 16.9 Å². The third kappa shape index (κ3) is 5.86. The van der Waals surface area contributed by atoms with Crippen molar-refractivity contribution in [1.29, 1.82) is 0 Å². The second-order valence-corrected chi connectivity index (χ2v) is 9.47. The molecule has 35 heavy (non-hydrogen) atoms. The minimum atomic E-state index is -0.683. The first-order valence-electron chi connectivity index (χ1n) is 11.4. The summed E-state index contributed by atoms with van der Waals surface area (Å²) in [7, 11) is 0. The number of benzene rings is 2. The minimum absolute atomic E-state index is 0.0775. The second-order valence-electron chi connectivity index (χ2n) is 8.68. The van der Waals surface area contributed by atoms with Gasteiger partial charge in [0.25, 0.3) is 5.91 Å². The Morgan fingerprint density at radius 1 is 1.14 bits per heavy atom. The van der Waals surface area contributed by atoms with E-state index in [1.165, 1.54) is 12.1 Å². The summed E-state index contributed by atoms with van der Waals surface area (Å²) in [6.07, 6.45) is 3.61. The molecule has 9 heteroatoms. The van der Waals surface area contributed by atoms with E-state index in [9.17, 15) is 14.3 Å². The standard InChI is InChI=1S/C26H26Cl2FN3O3/c1-14(23-20(27)10-11-21(29)24(23)28)35-22-12-17(13-31-25(22)30)15-2-4-16(5-3-15)26(34)32-18-6-8-19(33)9-7-18/h2-5,10-14,18-19,33H,6-9H2,1H3,(H2,30,31)(H,32,34)/t14-,18-,19-/m0/s1. The molecule has 6 nitrogen and oxygen atoms in total. The van der Waals surface area contributed by atoms with Gasteiger partial charge in [-0.05, 0) is 68.5 Å². The van der Waals surface area contributed by atoms with Gasteiger partial charge in [-0.1, -0.05) is 35.3 Å². The lowest BCUT2D eigenvalue weighted by Gasteiger charge is -2.26. The highest BCUT2D eigenvalue weighted by Gasteiger charge is 2.22. The largest absolute Gasteiger partial charge is 0.482 e. The summed E-state index contributed by atoms with van der Waals surface area (Å²) >= 11 is 12.3. The molecule has 1 aromatic heterocycles. The van der Waals surface area contributed by atoms with E-state index in [4.69, 9.17) is 33.7 Å². The summed E-state index contributed by atoms with van der Waals surface area (Å²) in [5, 5.41) is 12.8. The number of amides is 1. The molecule has 0 saturated heterocycles. The van der Waals surface area contributed by atoms with E-state index in [0.717, 1.165) is 24.0 Å². The third-order valence-corrected chi connectivity index (χ3v) is 6.90. The second kappa shape index (κ2) is 10.8. The highest BCUT2D eigenvalue weighted by molar-refractivity contribution is 6.36. The fourth-order valence-corrected chi connectivity index (χ4v) is 4.85. The summed E-state index contributed by atoms with van der Waals surface area (Å²) in [6, 6.07) is 11.5. The summed E-state index contributed by atoms with van der Waals surface area (Å²) in [6.45, 7) is 1.69. The normalized spacial score (nSPS) is 18.7. The molecule has 1 fully saturated rings. The Balaban J connectivity index is 1.48. The number of nitrogens with one attached hydrogen (secondary N) is 1. The zero-order chi connectivity index (χ0) is 25.1. The molecule has 1 aliphatic rings. The van der Waals surface area contributed by atoms with Crippen LogP contribution in [0.1, 0.15) is 54.6 Å². The van der Waals surface area contributed by atoms with Gasteiger partial charge in [0.15, 0.2) is 11.6 Å². The lowest BCUT2D eigenvalue weighted by molar-refractivity contribution is 0.0867. The average Bonchev–Trinajstić information content (AvgIpc) is 2.84. The number of nitrogens with zero attached hydrogens (tertiary/aromatic N) is 1. The Bertz CT molecular complexity index is 1220. The van der Waals surface area contributed by atoms with Gasteiger partial charge in [-0.25, -0.2) is 9.37 Å². The maximum atomic E-state index is 13.9. The number of hydrogen-bond donors (Lipinski definition) is 3. The number of anilines is 1. The van der Waals surface area contributed by atoms with Crippen LogP contribution in [0.4, 0.5) is 10.2 Å². The van der Waals surface area contributed by atoms with E-state index in [-0.39, 0.29) is 33.9 Å². The number of pyridine rings is 1. The first-order chi connectivity index (χ1) is 16.7. The topological polar surface area (TPSA) is 97.5 Å².